The number of amides is 1. The monoisotopic (exact) mass is 375 g/mol. The highest BCUT2D eigenvalue weighted by molar-refractivity contribution is 7.14. The van der Waals surface area contributed by atoms with Gasteiger partial charge in [0.05, 0.1) is 17.4 Å². The first kappa shape index (κ1) is 17.1. The molecule has 0 aliphatic rings. The zero-order valence-electron chi connectivity index (χ0n) is 13.4. The molecular formula is C15H13N5O3S2. The second kappa shape index (κ2) is 7.45. The summed E-state index contributed by atoms with van der Waals surface area (Å²) in [5, 5.41) is 12.2. The molecule has 0 fully saturated rings. The minimum absolute atomic E-state index is 0.186. The molecule has 2 aromatic heterocycles. The minimum atomic E-state index is -0.476. The second-order valence-corrected chi connectivity index (χ2v) is 6.62. The van der Waals surface area contributed by atoms with Crippen LogP contribution in [-0.4, -0.2) is 45.3 Å². The molecule has 0 N–H and O–H groups in total. The number of carbonyl (C=O) groups excluding carboxylic acids is 2. The number of aromatic nitrogens is 4. The van der Waals surface area contributed by atoms with E-state index in [1.807, 2.05) is 0 Å². The summed E-state index contributed by atoms with van der Waals surface area (Å²) in [6, 6.07) is 5.28. The van der Waals surface area contributed by atoms with Gasteiger partial charge in [-0.15, -0.1) is 15.3 Å². The van der Waals surface area contributed by atoms with Crippen LogP contribution in [0.3, 0.4) is 0 Å². The average molecular weight is 375 g/mol. The van der Waals surface area contributed by atoms with E-state index in [1.165, 1.54) is 29.4 Å². The normalized spacial score (nSPS) is 11.5. The summed E-state index contributed by atoms with van der Waals surface area (Å²) in [6.45, 7) is 1.93. The Balaban J connectivity index is 1.97. The topological polar surface area (TPSA) is 98.2 Å². The Morgan fingerprint density at radius 1 is 1.32 bits per heavy atom. The molecule has 0 aliphatic carbocycles. The van der Waals surface area contributed by atoms with Crippen molar-refractivity contribution in [3.05, 3.63) is 40.9 Å². The van der Waals surface area contributed by atoms with Gasteiger partial charge in [0.15, 0.2) is 0 Å². The van der Waals surface area contributed by atoms with Crippen LogP contribution in [0.2, 0.25) is 0 Å². The van der Waals surface area contributed by atoms with Crippen LogP contribution in [0.4, 0.5) is 5.13 Å². The predicted octanol–water partition coefficient (Wildman–Crippen LogP) is 2.31. The third-order valence-corrected chi connectivity index (χ3v) is 4.79. The smallest absolute Gasteiger partial charge is 0.330 e. The molecule has 0 bridgehead atoms. The van der Waals surface area contributed by atoms with Gasteiger partial charge in [0.1, 0.15) is 11.0 Å². The van der Waals surface area contributed by atoms with Crippen LogP contribution < -0.4 is 4.90 Å². The van der Waals surface area contributed by atoms with Gasteiger partial charge >= 0.3 is 5.97 Å². The number of hydrogen-bond acceptors (Lipinski definition) is 9. The Morgan fingerprint density at radius 2 is 2.16 bits per heavy atom. The summed E-state index contributed by atoms with van der Waals surface area (Å²) in [4.78, 5) is 26.0. The van der Waals surface area contributed by atoms with Gasteiger partial charge in [0.25, 0.3) is 5.91 Å². The first-order valence-corrected chi connectivity index (χ1v) is 8.79. The highest BCUT2D eigenvalue weighted by atomic mass is 32.1. The van der Waals surface area contributed by atoms with Crippen molar-refractivity contribution in [1.29, 1.82) is 0 Å². The predicted molar refractivity (Wildman–Crippen MR) is 94.8 cm³/mol. The van der Waals surface area contributed by atoms with Crippen LogP contribution in [-0.2, 0) is 9.53 Å². The molecule has 8 nitrogen and oxygen atoms in total. The Kier molecular flexibility index (Phi) is 5.10. The fourth-order valence-electron chi connectivity index (χ4n) is 2.18. The quantitative estimate of drug-likeness (QED) is 0.498. The maximum absolute atomic E-state index is 13.1. The van der Waals surface area contributed by atoms with E-state index in [-0.39, 0.29) is 12.5 Å². The summed E-state index contributed by atoms with van der Waals surface area (Å²) in [7, 11) is 1.30. The van der Waals surface area contributed by atoms with Crippen LogP contribution in [0.5, 0.6) is 0 Å². The summed E-state index contributed by atoms with van der Waals surface area (Å²) >= 11 is 2.40. The lowest BCUT2D eigenvalue weighted by Crippen LogP contribution is -2.32. The van der Waals surface area contributed by atoms with Crippen molar-refractivity contribution >= 4 is 50.1 Å². The molecule has 0 spiro atoms. The molecule has 0 atom stereocenters. The number of ether oxygens (including phenoxy) is 1. The van der Waals surface area contributed by atoms with Crippen molar-refractivity contribution in [1.82, 2.24) is 19.8 Å². The number of anilines is 1. The molecule has 1 amide bonds. The van der Waals surface area contributed by atoms with Gasteiger partial charge < -0.3 is 4.74 Å². The van der Waals surface area contributed by atoms with Gasteiger partial charge in [-0.2, -0.15) is 0 Å². The SMILES string of the molecule is COC(=O)C=C(C)CN(C(=O)c1cccc2nnsc12)c1nncs1. The maximum Gasteiger partial charge on any atom is 0.330 e. The molecule has 1 aromatic carbocycles. The van der Waals surface area contributed by atoms with Crippen molar-refractivity contribution in [3.63, 3.8) is 0 Å². The molecule has 2 heterocycles. The summed E-state index contributed by atoms with van der Waals surface area (Å²) in [5.41, 5.74) is 3.34. The van der Waals surface area contributed by atoms with Crippen LogP contribution in [0.1, 0.15) is 17.3 Å². The molecule has 3 aromatic rings. The van der Waals surface area contributed by atoms with E-state index >= 15 is 0 Å². The van der Waals surface area contributed by atoms with E-state index in [2.05, 4.69) is 24.5 Å². The summed E-state index contributed by atoms with van der Waals surface area (Å²) in [5.74, 6) is -0.734. The van der Waals surface area contributed by atoms with E-state index < -0.39 is 5.97 Å². The first-order chi connectivity index (χ1) is 12.1. The van der Waals surface area contributed by atoms with Crippen LogP contribution >= 0.6 is 22.9 Å². The van der Waals surface area contributed by atoms with Gasteiger partial charge in [0.2, 0.25) is 5.13 Å². The van der Waals surface area contributed by atoms with Crippen molar-refractivity contribution in [2.75, 3.05) is 18.6 Å². The van der Waals surface area contributed by atoms with Crippen LogP contribution in [0, 0.1) is 0 Å². The zero-order chi connectivity index (χ0) is 17.8. The van der Waals surface area contributed by atoms with Crippen molar-refractivity contribution in [2.24, 2.45) is 0 Å². The lowest BCUT2D eigenvalue weighted by molar-refractivity contribution is -0.134. The Labute approximate surface area is 150 Å². The molecule has 25 heavy (non-hydrogen) atoms. The number of fused-ring (bicyclic) bond motifs is 1. The zero-order valence-corrected chi connectivity index (χ0v) is 15.0. The fourth-order valence-corrected chi connectivity index (χ4v) is 3.41. The molecular weight excluding hydrogens is 362 g/mol. The van der Waals surface area contributed by atoms with E-state index in [4.69, 9.17) is 0 Å². The first-order valence-electron chi connectivity index (χ1n) is 7.14. The van der Waals surface area contributed by atoms with Gasteiger partial charge in [-0.05, 0) is 36.2 Å². The van der Waals surface area contributed by atoms with Gasteiger partial charge in [-0.25, -0.2) is 4.79 Å². The number of methoxy groups -OCH3 is 1. The van der Waals surface area contributed by atoms with Gasteiger partial charge in [0, 0.05) is 12.6 Å². The lowest BCUT2D eigenvalue weighted by Gasteiger charge is -2.20. The molecule has 0 unspecified atom stereocenters. The Bertz CT molecular complexity index is 936. The highest BCUT2D eigenvalue weighted by Crippen LogP contribution is 2.25. The summed E-state index contributed by atoms with van der Waals surface area (Å²) < 4.78 is 9.23. The number of nitrogens with zero attached hydrogens (tertiary/aromatic N) is 5. The van der Waals surface area contributed by atoms with Crippen LogP contribution in [0.15, 0.2) is 35.4 Å². The summed E-state index contributed by atoms with van der Waals surface area (Å²) in [6.07, 6.45) is 1.34. The van der Waals surface area contributed by atoms with E-state index in [1.54, 1.807) is 30.6 Å². The van der Waals surface area contributed by atoms with Gasteiger partial charge in [-0.1, -0.05) is 21.9 Å². The van der Waals surface area contributed by atoms with Crippen LogP contribution in [0.25, 0.3) is 10.2 Å². The maximum atomic E-state index is 13.1. The standard InChI is InChI=1S/C15H13N5O3S2/c1-9(6-12(21)23-2)7-20(15-18-16-8-24-15)14(22)10-4-3-5-11-13(10)25-19-17-11/h3-6,8H,7H2,1-2H3. The third kappa shape index (κ3) is 3.69. The molecule has 0 radical (unpaired) electrons. The number of carbonyl (C=O) groups is 2. The van der Waals surface area contributed by atoms with Crippen molar-refractivity contribution in [2.45, 2.75) is 6.92 Å². The molecule has 0 saturated heterocycles. The van der Waals surface area contributed by atoms with Crippen molar-refractivity contribution in [3.8, 4) is 0 Å². The molecule has 10 heteroatoms. The average Bonchev–Trinajstić information content (AvgIpc) is 3.29. The molecule has 3 rings (SSSR count). The molecule has 128 valence electrons. The number of benzene rings is 1. The Morgan fingerprint density at radius 3 is 2.88 bits per heavy atom. The minimum Gasteiger partial charge on any atom is -0.466 e. The van der Waals surface area contributed by atoms with E-state index in [0.717, 1.165) is 11.5 Å². The van der Waals surface area contributed by atoms with Crippen molar-refractivity contribution < 1.29 is 14.3 Å². The number of hydrogen-bond donors (Lipinski definition) is 0. The molecule has 0 aliphatic heterocycles. The highest BCUT2D eigenvalue weighted by Gasteiger charge is 2.23. The van der Waals surface area contributed by atoms with E-state index in [0.29, 0.717) is 26.5 Å². The Hall–Kier alpha value is -2.72. The lowest BCUT2D eigenvalue weighted by atomic mass is 10.1. The molecule has 0 saturated carbocycles. The number of rotatable bonds is 5. The largest absolute Gasteiger partial charge is 0.466 e. The van der Waals surface area contributed by atoms with Gasteiger partial charge in [-0.3, -0.25) is 9.69 Å². The fraction of sp³-hybridized carbons (Fsp3) is 0.200. The second-order valence-electron chi connectivity index (χ2n) is 5.05. The van der Waals surface area contributed by atoms with E-state index in [9.17, 15) is 9.59 Å². The number of esters is 1. The third-order valence-electron chi connectivity index (χ3n) is 3.30.